The largest absolute Gasteiger partial charge is 0.493 e. The van der Waals surface area contributed by atoms with Crippen LogP contribution in [0.1, 0.15) is 11.3 Å². The van der Waals surface area contributed by atoms with Gasteiger partial charge in [0, 0.05) is 23.1 Å². The van der Waals surface area contributed by atoms with E-state index in [1.807, 2.05) is 56.3 Å². The number of benzene rings is 2. The van der Waals surface area contributed by atoms with Gasteiger partial charge in [-0.2, -0.15) is 4.98 Å². The summed E-state index contributed by atoms with van der Waals surface area (Å²) >= 11 is 0. The quantitative estimate of drug-likeness (QED) is 0.329. The van der Waals surface area contributed by atoms with Crippen molar-refractivity contribution in [3.63, 3.8) is 0 Å². The molecule has 0 saturated heterocycles. The molecular weight excluding hydrogens is 446 g/mol. The summed E-state index contributed by atoms with van der Waals surface area (Å²) in [6.45, 7) is 3.87. The smallest absolute Gasteiger partial charge is 0.263 e. The number of methoxy groups -OCH3 is 2. The maximum absolute atomic E-state index is 5.42. The molecule has 10 nitrogen and oxygen atoms in total. The zero-order valence-electron chi connectivity index (χ0n) is 19.7. The molecule has 0 aliphatic heterocycles. The van der Waals surface area contributed by atoms with E-state index in [2.05, 4.69) is 35.7 Å². The average molecular weight is 470 g/mol. The van der Waals surface area contributed by atoms with E-state index in [1.54, 1.807) is 20.4 Å². The lowest BCUT2D eigenvalue weighted by Gasteiger charge is -2.13. The van der Waals surface area contributed by atoms with Crippen LogP contribution >= 0.6 is 0 Å². The van der Waals surface area contributed by atoms with E-state index in [-0.39, 0.29) is 0 Å². The van der Waals surface area contributed by atoms with Crippen molar-refractivity contribution in [2.45, 2.75) is 13.8 Å². The minimum atomic E-state index is 0.437. The number of rotatable bonds is 7. The van der Waals surface area contributed by atoms with Crippen LogP contribution in [0.25, 0.3) is 22.4 Å². The molecular formula is C25H23N7O3. The first-order valence-corrected chi connectivity index (χ1v) is 10.8. The number of nitrogens with zero attached hydrogens (tertiary/aromatic N) is 5. The molecule has 3 aromatic heterocycles. The molecule has 5 rings (SSSR count). The summed E-state index contributed by atoms with van der Waals surface area (Å²) in [5, 5.41) is 11.4. The van der Waals surface area contributed by atoms with Crippen molar-refractivity contribution in [2.75, 3.05) is 24.9 Å². The highest BCUT2D eigenvalue weighted by Gasteiger charge is 2.14. The number of aryl methyl sites for hydroxylation is 2. The van der Waals surface area contributed by atoms with Crippen LogP contribution in [0.5, 0.6) is 11.5 Å². The van der Waals surface area contributed by atoms with E-state index in [9.17, 15) is 0 Å². The van der Waals surface area contributed by atoms with E-state index in [1.165, 1.54) is 6.33 Å². The van der Waals surface area contributed by atoms with Gasteiger partial charge in [0.15, 0.2) is 11.5 Å². The Hall–Kier alpha value is -4.73. The van der Waals surface area contributed by atoms with Gasteiger partial charge in [0.25, 0.3) is 5.71 Å². The van der Waals surface area contributed by atoms with E-state index in [0.29, 0.717) is 29.0 Å². The lowest BCUT2D eigenvalue weighted by atomic mass is 10.1. The molecule has 0 radical (unpaired) electrons. The highest BCUT2D eigenvalue weighted by Crippen LogP contribution is 2.32. The topological polar surface area (TPSA) is 120 Å². The number of hydrogen-bond acceptors (Lipinski definition) is 10. The predicted octanol–water partition coefficient (Wildman–Crippen LogP) is 5.20. The third-order valence-electron chi connectivity index (χ3n) is 5.53. The van der Waals surface area contributed by atoms with Gasteiger partial charge in [0.2, 0.25) is 5.95 Å². The number of hydrogen-bond donors (Lipinski definition) is 2. The van der Waals surface area contributed by atoms with Crippen LogP contribution in [0.4, 0.5) is 23.1 Å². The van der Waals surface area contributed by atoms with Crippen molar-refractivity contribution in [2.24, 2.45) is 0 Å². The fourth-order valence-electron chi connectivity index (χ4n) is 3.68. The van der Waals surface area contributed by atoms with Crippen molar-refractivity contribution in [1.82, 2.24) is 25.1 Å². The predicted molar refractivity (Wildman–Crippen MR) is 133 cm³/mol. The van der Waals surface area contributed by atoms with Gasteiger partial charge in [-0.25, -0.2) is 15.0 Å². The van der Waals surface area contributed by atoms with Gasteiger partial charge >= 0.3 is 0 Å². The maximum Gasteiger partial charge on any atom is 0.263 e. The molecule has 0 bridgehead atoms. The van der Waals surface area contributed by atoms with E-state index in [0.717, 1.165) is 39.3 Å². The third kappa shape index (κ3) is 4.41. The second-order valence-electron chi connectivity index (χ2n) is 7.79. The number of ether oxygens (including phenoxy) is 2. The Labute approximate surface area is 201 Å². The summed E-state index contributed by atoms with van der Waals surface area (Å²) in [4.78, 5) is 17.6. The van der Waals surface area contributed by atoms with Gasteiger partial charge in [0.1, 0.15) is 17.5 Å². The van der Waals surface area contributed by atoms with E-state index in [4.69, 9.17) is 14.0 Å². The van der Waals surface area contributed by atoms with Crippen LogP contribution < -0.4 is 20.1 Å². The van der Waals surface area contributed by atoms with Crippen molar-refractivity contribution >= 4 is 34.2 Å². The monoisotopic (exact) mass is 469 g/mol. The lowest BCUT2D eigenvalue weighted by molar-refractivity contribution is 0.355. The van der Waals surface area contributed by atoms with Crippen LogP contribution in [0.3, 0.4) is 0 Å². The van der Waals surface area contributed by atoms with E-state index >= 15 is 0 Å². The molecule has 5 aromatic rings. The second kappa shape index (κ2) is 9.26. The average Bonchev–Trinajstić information content (AvgIpc) is 3.27. The van der Waals surface area contributed by atoms with Gasteiger partial charge in [-0.1, -0.05) is 11.2 Å². The first-order valence-electron chi connectivity index (χ1n) is 10.8. The molecule has 0 saturated carbocycles. The van der Waals surface area contributed by atoms with Crippen LogP contribution in [0.2, 0.25) is 0 Å². The maximum atomic E-state index is 5.42. The number of aromatic nitrogens is 5. The first kappa shape index (κ1) is 22.1. The molecule has 35 heavy (non-hydrogen) atoms. The van der Waals surface area contributed by atoms with Gasteiger partial charge in [0.05, 0.1) is 25.6 Å². The van der Waals surface area contributed by atoms with Crippen molar-refractivity contribution in [3.05, 3.63) is 66.2 Å². The Morgan fingerprint density at radius 2 is 1.71 bits per heavy atom. The third-order valence-corrected chi connectivity index (χ3v) is 5.53. The van der Waals surface area contributed by atoms with Crippen LogP contribution in [0, 0.1) is 13.8 Å². The minimum Gasteiger partial charge on any atom is -0.493 e. The van der Waals surface area contributed by atoms with Gasteiger partial charge in [-0.3, -0.25) is 0 Å². The SMILES string of the molecule is COc1ccc(-c2ccnc(Nc3ccc(C)c(Nc4ncnc5onc(C)c45)c3)n2)cc1OC. The number of anilines is 4. The Balaban J connectivity index is 1.42. The Bertz CT molecular complexity index is 1520. The molecule has 0 unspecified atom stereocenters. The first-order chi connectivity index (χ1) is 17.1. The van der Waals surface area contributed by atoms with Crippen LogP contribution in [0.15, 0.2) is 59.5 Å². The minimum absolute atomic E-state index is 0.437. The summed E-state index contributed by atoms with van der Waals surface area (Å²) in [6.07, 6.45) is 3.15. The summed E-state index contributed by atoms with van der Waals surface area (Å²) in [5.74, 6) is 2.38. The Morgan fingerprint density at radius 3 is 2.54 bits per heavy atom. The summed E-state index contributed by atoms with van der Waals surface area (Å²) in [5.41, 5.74) is 5.51. The van der Waals surface area contributed by atoms with Gasteiger partial charge < -0.3 is 24.6 Å². The van der Waals surface area contributed by atoms with Gasteiger partial charge in [-0.15, -0.1) is 0 Å². The molecule has 0 amide bonds. The van der Waals surface area contributed by atoms with Gasteiger partial charge in [-0.05, 0) is 55.8 Å². The molecule has 3 heterocycles. The summed E-state index contributed by atoms with van der Waals surface area (Å²) < 4.78 is 16.0. The second-order valence-corrected chi connectivity index (χ2v) is 7.79. The standard InChI is InChI=1S/C25H23N7O3/c1-14-5-7-17(12-19(14)30-23-22-15(2)32-35-24(22)28-13-27-23)29-25-26-10-9-18(31-25)16-6-8-20(33-3)21(11-16)34-4/h5-13H,1-4H3,(H,26,29,31)(H,27,28,30). The molecule has 0 aliphatic carbocycles. The fourth-order valence-corrected chi connectivity index (χ4v) is 3.68. The molecule has 10 heteroatoms. The molecule has 2 N–H and O–H groups in total. The zero-order valence-corrected chi connectivity index (χ0v) is 19.7. The fraction of sp³-hybridized carbons (Fsp3) is 0.160. The van der Waals surface area contributed by atoms with Crippen LogP contribution in [-0.2, 0) is 0 Å². The highest BCUT2D eigenvalue weighted by atomic mass is 16.5. The van der Waals surface area contributed by atoms with Crippen molar-refractivity contribution in [3.8, 4) is 22.8 Å². The molecule has 0 aliphatic rings. The highest BCUT2D eigenvalue weighted by molar-refractivity contribution is 5.89. The van der Waals surface area contributed by atoms with E-state index < -0.39 is 0 Å². The molecule has 176 valence electrons. The lowest BCUT2D eigenvalue weighted by Crippen LogP contribution is -2.01. The summed E-state index contributed by atoms with van der Waals surface area (Å²) in [6, 6.07) is 13.4. The van der Waals surface area contributed by atoms with Crippen molar-refractivity contribution < 1.29 is 14.0 Å². The molecule has 0 atom stereocenters. The molecule has 2 aromatic carbocycles. The Morgan fingerprint density at radius 1 is 0.857 bits per heavy atom. The number of nitrogens with one attached hydrogen (secondary N) is 2. The summed E-state index contributed by atoms with van der Waals surface area (Å²) in [7, 11) is 3.21. The molecule has 0 fully saturated rings. The van der Waals surface area contributed by atoms with Crippen molar-refractivity contribution in [1.29, 1.82) is 0 Å². The zero-order chi connectivity index (χ0) is 24.4. The molecule has 0 spiro atoms. The normalized spacial score (nSPS) is 10.9. The Kier molecular flexibility index (Phi) is 5.84. The number of fused-ring (bicyclic) bond motifs is 1. The van der Waals surface area contributed by atoms with Crippen LogP contribution in [-0.4, -0.2) is 39.3 Å².